The zero-order chi connectivity index (χ0) is 10.4. The Labute approximate surface area is 91.1 Å². The van der Waals surface area contributed by atoms with Crippen LogP contribution in [0.4, 0.5) is 0 Å². The molecule has 1 aromatic carbocycles. The van der Waals surface area contributed by atoms with Crippen LogP contribution >= 0.6 is 15.9 Å². The number of benzene rings is 1. The number of hydrogen-bond acceptors (Lipinski definition) is 3. The molecule has 1 rings (SSSR count). The molecule has 0 radical (unpaired) electrons. The van der Waals surface area contributed by atoms with Gasteiger partial charge in [0, 0.05) is 11.1 Å². The summed E-state index contributed by atoms with van der Waals surface area (Å²) in [5, 5.41) is 0. The lowest BCUT2D eigenvalue weighted by Crippen LogP contribution is -2.15. The van der Waals surface area contributed by atoms with Gasteiger partial charge in [-0.2, -0.15) is 0 Å². The largest absolute Gasteiger partial charge is 0.425 e. The highest BCUT2D eigenvalue weighted by molar-refractivity contribution is 9.10. The van der Waals surface area contributed by atoms with Crippen LogP contribution < -0.4 is 4.74 Å². The van der Waals surface area contributed by atoms with Gasteiger partial charge in [0.2, 0.25) is 0 Å². The van der Waals surface area contributed by atoms with Crippen LogP contribution in [-0.2, 0) is 9.53 Å². The Kier molecular flexibility index (Phi) is 4.62. The van der Waals surface area contributed by atoms with Crippen LogP contribution in [0.5, 0.6) is 5.75 Å². The number of hydrogen-bond donors (Lipinski definition) is 0. The van der Waals surface area contributed by atoms with Crippen LogP contribution in [0.25, 0.3) is 0 Å². The second-order valence-corrected chi connectivity index (χ2v) is 3.48. The quantitative estimate of drug-likeness (QED) is 0.615. The predicted molar refractivity (Wildman–Crippen MR) is 56.3 cm³/mol. The van der Waals surface area contributed by atoms with Crippen LogP contribution in [0.3, 0.4) is 0 Å². The third kappa shape index (κ3) is 3.89. The summed E-state index contributed by atoms with van der Waals surface area (Å²) in [6.45, 7) is 2.33. The fourth-order valence-electron chi connectivity index (χ4n) is 0.849. The molecule has 0 saturated carbocycles. The van der Waals surface area contributed by atoms with Crippen LogP contribution in [0, 0.1) is 0 Å². The van der Waals surface area contributed by atoms with Gasteiger partial charge in [-0.3, -0.25) is 0 Å². The minimum atomic E-state index is -0.380. The fraction of sp³-hybridized carbons (Fsp3) is 0.300. The summed E-state index contributed by atoms with van der Waals surface area (Å²) in [5.41, 5.74) is 0. The molecule has 0 unspecified atom stereocenters. The number of halogens is 1. The second-order valence-electron chi connectivity index (χ2n) is 2.57. The average Bonchev–Trinajstić information content (AvgIpc) is 2.18. The van der Waals surface area contributed by atoms with Crippen molar-refractivity contribution in [2.45, 2.75) is 6.92 Å². The zero-order valence-electron chi connectivity index (χ0n) is 7.83. The van der Waals surface area contributed by atoms with E-state index in [0.717, 1.165) is 4.47 Å². The lowest BCUT2D eigenvalue weighted by atomic mass is 10.3. The van der Waals surface area contributed by atoms with Crippen molar-refractivity contribution in [2.75, 3.05) is 13.2 Å². The molecule has 76 valence electrons. The molecule has 3 nitrogen and oxygen atoms in total. The fourth-order valence-corrected chi connectivity index (χ4v) is 1.11. The normalized spacial score (nSPS) is 9.86. The number of carbonyl (C=O) groups is 1. The third-order valence-electron chi connectivity index (χ3n) is 1.47. The van der Waals surface area contributed by atoms with Crippen molar-refractivity contribution in [1.82, 2.24) is 0 Å². The molecule has 0 heterocycles. The van der Waals surface area contributed by atoms with E-state index in [4.69, 9.17) is 9.47 Å². The van der Waals surface area contributed by atoms with Crippen molar-refractivity contribution in [2.24, 2.45) is 0 Å². The van der Waals surface area contributed by atoms with E-state index in [1.807, 2.05) is 19.1 Å². The standard InChI is InChI=1S/C10H11BrO3/c1-2-13-7-10(12)14-9-5-3-8(11)4-6-9/h3-6H,2,7H2,1H3. The molecule has 14 heavy (non-hydrogen) atoms. The summed E-state index contributed by atoms with van der Waals surface area (Å²) < 4.78 is 10.8. The first-order valence-electron chi connectivity index (χ1n) is 4.26. The Balaban J connectivity index is 2.44. The smallest absolute Gasteiger partial charge is 0.337 e. The molecule has 0 aliphatic carbocycles. The van der Waals surface area contributed by atoms with Gasteiger partial charge in [0.15, 0.2) is 0 Å². The summed E-state index contributed by atoms with van der Waals surface area (Å²) in [6.07, 6.45) is 0. The van der Waals surface area contributed by atoms with E-state index in [9.17, 15) is 4.79 Å². The van der Waals surface area contributed by atoms with Crippen molar-refractivity contribution in [3.63, 3.8) is 0 Å². The minimum absolute atomic E-state index is 0.00738. The minimum Gasteiger partial charge on any atom is -0.425 e. The lowest BCUT2D eigenvalue weighted by molar-refractivity contribution is -0.139. The van der Waals surface area contributed by atoms with Crippen molar-refractivity contribution < 1.29 is 14.3 Å². The maximum atomic E-state index is 11.1. The molecule has 0 fully saturated rings. The van der Waals surface area contributed by atoms with E-state index in [1.54, 1.807) is 12.1 Å². The lowest BCUT2D eigenvalue weighted by Gasteiger charge is -2.03. The van der Waals surface area contributed by atoms with E-state index in [2.05, 4.69) is 15.9 Å². The van der Waals surface area contributed by atoms with E-state index in [1.165, 1.54) is 0 Å². The molecule has 0 N–H and O–H groups in total. The predicted octanol–water partition coefficient (Wildman–Crippen LogP) is 2.39. The third-order valence-corrected chi connectivity index (χ3v) is 2.00. The number of esters is 1. The van der Waals surface area contributed by atoms with Crippen molar-refractivity contribution >= 4 is 21.9 Å². The molecule has 1 aromatic rings. The van der Waals surface area contributed by atoms with Gasteiger partial charge in [-0.1, -0.05) is 15.9 Å². The Morgan fingerprint density at radius 3 is 2.57 bits per heavy atom. The average molecular weight is 259 g/mol. The Morgan fingerprint density at radius 2 is 2.00 bits per heavy atom. The van der Waals surface area contributed by atoms with Crippen molar-refractivity contribution in [3.05, 3.63) is 28.7 Å². The molecular weight excluding hydrogens is 248 g/mol. The van der Waals surface area contributed by atoms with Crippen LogP contribution in [-0.4, -0.2) is 19.2 Å². The van der Waals surface area contributed by atoms with Crippen molar-refractivity contribution in [1.29, 1.82) is 0 Å². The maximum Gasteiger partial charge on any atom is 0.337 e. The molecule has 0 spiro atoms. The molecule has 0 aromatic heterocycles. The van der Waals surface area contributed by atoms with Gasteiger partial charge in [0.25, 0.3) is 0 Å². The van der Waals surface area contributed by atoms with Crippen LogP contribution in [0.1, 0.15) is 6.92 Å². The monoisotopic (exact) mass is 258 g/mol. The second kappa shape index (κ2) is 5.78. The molecule has 0 bridgehead atoms. The van der Waals surface area contributed by atoms with Crippen LogP contribution in [0.15, 0.2) is 28.7 Å². The maximum absolute atomic E-state index is 11.1. The molecule has 0 aliphatic heterocycles. The SMILES string of the molecule is CCOCC(=O)Oc1ccc(Br)cc1. The molecular formula is C10H11BrO3. The van der Waals surface area contributed by atoms with E-state index < -0.39 is 0 Å². The van der Waals surface area contributed by atoms with E-state index in [0.29, 0.717) is 12.4 Å². The van der Waals surface area contributed by atoms with E-state index >= 15 is 0 Å². The number of carbonyl (C=O) groups excluding carboxylic acids is 1. The summed E-state index contributed by atoms with van der Waals surface area (Å²) in [4.78, 5) is 11.1. The van der Waals surface area contributed by atoms with Crippen LogP contribution in [0.2, 0.25) is 0 Å². The molecule has 0 atom stereocenters. The van der Waals surface area contributed by atoms with Crippen molar-refractivity contribution in [3.8, 4) is 5.75 Å². The van der Waals surface area contributed by atoms with Gasteiger partial charge in [-0.25, -0.2) is 4.79 Å². The number of rotatable bonds is 4. The summed E-state index contributed by atoms with van der Waals surface area (Å²) in [7, 11) is 0. The first kappa shape index (κ1) is 11.2. The highest BCUT2D eigenvalue weighted by Crippen LogP contribution is 2.16. The van der Waals surface area contributed by atoms with Gasteiger partial charge in [0.1, 0.15) is 12.4 Å². The van der Waals surface area contributed by atoms with Gasteiger partial charge in [-0.15, -0.1) is 0 Å². The zero-order valence-corrected chi connectivity index (χ0v) is 9.41. The molecule has 0 saturated heterocycles. The highest BCUT2D eigenvalue weighted by atomic mass is 79.9. The topological polar surface area (TPSA) is 35.5 Å². The molecule has 0 amide bonds. The Hall–Kier alpha value is -0.870. The van der Waals surface area contributed by atoms with E-state index in [-0.39, 0.29) is 12.6 Å². The molecule has 4 heteroatoms. The summed E-state index contributed by atoms with van der Waals surface area (Å²) >= 11 is 3.29. The molecule has 0 aliphatic rings. The van der Waals surface area contributed by atoms with Gasteiger partial charge in [-0.05, 0) is 31.2 Å². The summed E-state index contributed by atoms with van der Waals surface area (Å²) in [6, 6.07) is 7.05. The Morgan fingerprint density at radius 1 is 1.36 bits per heavy atom. The first-order valence-corrected chi connectivity index (χ1v) is 5.05. The first-order chi connectivity index (χ1) is 6.72. The highest BCUT2D eigenvalue weighted by Gasteiger charge is 2.03. The van der Waals surface area contributed by atoms with Gasteiger partial charge in [0.05, 0.1) is 0 Å². The number of ether oxygens (including phenoxy) is 2. The van der Waals surface area contributed by atoms with Gasteiger partial charge >= 0.3 is 5.97 Å². The summed E-state index contributed by atoms with van der Waals surface area (Å²) in [5.74, 6) is 0.145. The van der Waals surface area contributed by atoms with Gasteiger partial charge < -0.3 is 9.47 Å². The Bertz CT molecular complexity index is 295.